The van der Waals surface area contributed by atoms with E-state index in [4.69, 9.17) is 0 Å². The normalized spacial score (nSPS) is 17.7. The summed E-state index contributed by atoms with van der Waals surface area (Å²) in [4.78, 5) is 24.8. The lowest BCUT2D eigenvalue weighted by Crippen LogP contribution is -2.54. The lowest BCUT2D eigenvalue weighted by molar-refractivity contribution is 0.407. The summed E-state index contributed by atoms with van der Waals surface area (Å²) in [5.41, 5.74) is 3.79. The van der Waals surface area contributed by atoms with E-state index in [9.17, 15) is 0 Å². The molecule has 178 valence electrons. The van der Waals surface area contributed by atoms with E-state index in [-0.39, 0.29) is 0 Å². The van der Waals surface area contributed by atoms with Gasteiger partial charge in [0.15, 0.2) is 5.82 Å². The Balaban J connectivity index is 1.26. The third kappa shape index (κ3) is 5.70. The fourth-order valence-corrected chi connectivity index (χ4v) is 4.26. The highest BCUT2D eigenvalue weighted by Gasteiger charge is 2.20. The number of benzene rings is 1. The van der Waals surface area contributed by atoms with Crippen LogP contribution in [0.3, 0.4) is 0 Å². The van der Waals surface area contributed by atoms with E-state index in [1.165, 1.54) is 5.69 Å². The van der Waals surface area contributed by atoms with Crippen LogP contribution in [-0.4, -0.2) is 50.1 Å². The van der Waals surface area contributed by atoms with Crippen LogP contribution in [0.15, 0.2) is 67.0 Å². The Morgan fingerprint density at radius 1 is 0.800 bits per heavy atom. The lowest BCUT2D eigenvalue weighted by Gasteiger charge is -2.37. The maximum atomic E-state index is 4.58. The van der Waals surface area contributed by atoms with Crippen molar-refractivity contribution < 1.29 is 0 Å². The molecule has 1 saturated heterocycles. The molecule has 1 aromatic carbocycles. The summed E-state index contributed by atoms with van der Waals surface area (Å²) in [5.74, 6) is 2.32. The summed E-state index contributed by atoms with van der Waals surface area (Å²) in [6, 6.07) is 18.7. The maximum Gasteiger partial charge on any atom is 0.229 e. The number of nitrogens with one attached hydrogen (secondary N) is 3. The monoisotopic (exact) mass is 467 g/mol. The predicted molar refractivity (Wildman–Crippen MR) is 139 cm³/mol. The van der Waals surface area contributed by atoms with Gasteiger partial charge in [-0.25, -0.2) is 19.9 Å². The van der Waals surface area contributed by atoms with Crippen molar-refractivity contribution in [3.63, 3.8) is 0 Å². The van der Waals surface area contributed by atoms with Gasteiger partial charge in [-0.15, -0.1) is 0 Å². The van der Waals surface area contributed by atoms with Crippen molar-refractivity contribution in [2.45, 2.75) is 32.9 Å². The minimum Gasteiger partial charge on any atom is -0.368 e. The zero-order valence-electron chi connectivity index (χ0n) is 20.1. The van der Waals surface area contributed by atoms with Crippen molar-refractivity contribution in [1.29, 1.82) is 0 Å². The highest BCUT2D eigenvalue weighted by atomic mass is 15.2. The molecular formula is C26H29N9. The Bertz CT molecular complexity index is 1280. The molecule has 35 heavy (non-hydrogen) atoms. The number of anilines is 5. The first-order valence-corrected chi connectivity index (χ1v) is 11.8. The number of piperazine rings is 1. The third-order valence-electron chi connectivity index (χ3n) is 5.73. The van der Waals surface area contributed by atoms with E-state index in [1.807, 2.05) is 25.1 Å². The molecule has 1 aliphatic rings. The summed E-state index contributed by atoms with van der Waals surface area (Å²) in [6.07, 6.45) is 3.41. The molecule has 4 aromatic rings. The van der Waals surface area contributed by atoms with Crippen LogP contribution in [0.4, 0.5) is 29.0 Å². The Morgan fingerprint density at radius 3 is 2.26 bits per heavy atom. The van der Waals surface area contributed by atoms with Crippen LogP contribution in [0.2, 0.25) is 0 Å². The van der Waals surface area contributed by atoms with Crippen LogP contribution < -0.4 is 20.9 Å². The van der Waals surface area contributed by atoms with E-state index in [1.54, 1.807) is 24.5 Å². The molecule has 2 unspecified atom stereocenters. The number of pyridine rings is 1. The molecule has 0 aliphatic carbocycles. The average Bonchev–Trinajstić information content (AvgIpc) is 2.84. The Morgan fingerprint density at radius 2 is 1.51 bits per heavy atom. The highest BCUT2D eigenvalue weighted by molar-refractivity contribution is 5.62. The molecule has 4 heterocycles. The summed E-state index contributed by atoms with van der Waals surface area (Å²) in [7, 11) is 0. The fraction of sp³-hybridized carbons (Fsp3) is 0.269. The first-order valence-electron chi connectivity index (χ1n) is 11.8. The van der Waals surface area contributed by atoms with Gasteiger partial charge in [0.2, 0.25) is 5.95 Å². The fourth-order valence-electron chi connectivity index (χ4n) is 4.26. The van der Waals surface area contributed by atoms with Crippen LogP contribution in [0.1, 0.15) is 19.5 Å². The molecule has 1 fully saturated rings. The van der Waals surface area contributed by atoms with Gasteiger partial charge in [-0.3, -0.25) is 0 Å². The zero-order valence-corrected chi connectivity index (χ0v) is 20.1. The van der Waals surface area contributed by atoms with Gasteiger partial charge in [0, 0.05) is 54.6 Å². The number of hydrogen-bond acceptors (Lipinski definition) is 9. The maximum absolute atomic E-state index is 4.58. The molecule has 1 aliphatic heterocycles. The molecule has 5 rings (SSSR count). The standard InChI is InChI=1S/C26H29N9/c1-17-5-4-6-22(30-17)25-27-13-11-23(33-25)32-24-12-14-28-26(34-24)31-20-7-9-21(10-8-20)35-15-18(2)29-19(3)16-35/h4-14,18-19,29H,15-16H2,1-3H3,(H2,27,28,31,32,33,34). The highest BCUT2D eigenvalue weighted by Crippen LogP contribution is 2.23. The first-order chi connectivity index (χ1) is 17.0. The van der Waals surface area contributed by atoms with Gasteiger partial charge < -0.3 is 20.9 Å². The molecule has 9 nitrogen and oxygen atoms in total. The van der Waals surface area contributed by atoms with Crippen molar-refractivity contribution in [1.82, 2.24) is 30.2 Å². The second-order valence-electron chi connectivity index (χ2n) is 8.87. The second kappa shape index (κ2) is 10.0. The SMILES string of the molecule is Cc1cccc(-c2nccc(Nc3ccnc(Nc4ccc(N5CC(C)NC(C)C5)cc4)n3)n2)n1. The summed E-state index contributed by atoms with van der Waals surface area (Å²) >= 11 is 0. The van der Waals surface area contributed by atoms with E-state index < -0.39 is 0 Å². The minimum absolute atomic E-state index is 0.472. The lowest BCUT2D eigenvalue weighted by atomic mass is 10.1. The molecular weight excluding hydrogens is 438 g/mol. The van der Waals surface area contributed by atoms with E-state index >= 15 is 0 Å². The van der Waals surface area contributed by atoms with Crippen LogP contribution in [0, 0.1) is 6.92 Å². The van der Waals surface area contributed by atoms with E-state index in [0.29, 0.717) is 35.5 Å². The molecule has 3 N–H and O–H groups in total. The van der Waals surface area contributed by atoms with Crippen LogP contribution in [0.5, 0.6) is 0 Å². The topological polar surface area (TPSA) is 104 Å². The first kappa shape index (κ1) is 22.7. The second-order valence-corrected chi connectivity index (χ2v) is 8.87. The van der Waals surface area contributed by atoms with Crippen molar-refractivity contribution in [3.8, 4) is 11.5 Å². The summed E-state index contributed by atoms with van der Waals surface area (Å²) < 4.78 is 0. The number of nitrogens with zero attached hydrogens (tertiary/aromatic N) is 6. The van der Waals surface area contributed by atoms with Crippen molar-refractivity contribution in [3.05, 3.63) is 72.7 Å². The van der Waals surface area contributed by atoms with Gasteiger partial charge in [-0.1, -0.05) is 6.07 Å². The zero-order chi connectivity index (χ0) is 24.2. The number of hydrogen-bond donors (Lipinski definition) is 3. The molecule has 9 heteroatoms. The Labute approximate surface area is 205 Å². The van der Waals surface area contributed by atoms with Crippen molar-refractivity contribution in [2.75, 3.05) is 28.6 Å². The third-order valence-corrected chi connectivity index (χ3v) is 5.73. The molecule has 3 aromatic heterocycles. The molecule has 2 atom stereocenters. The van der Waals surface area contributed by atoms with E-state index in [0.717, 1.165) is 30.2 Å². The smallest absolute Gasteiger partial charge is 0.229 e. The summed E-state index contributed by atoms with van der Waals surface area (Å²) in [5, 5.41) is 10.1. The Kier molecular flexibility index (Phi) is 6.49. The van der Waals surface area contributed by atoms with Gasteiger partial charge in [0.05, 0.1) is 0 Å². The quantitative estimate of drug-likeness (QED) is 0.383. The minimum atomic E-state index is 0.472. The largest absolute Gasteiger partial charge is 0.368 e. The number of aryl methyl sites for hydroxylation is 1. The molecule has 0 spiro atoms. The van der Waals surface area contributed by atoms with Crippen LogP contribution >= 0.6 is 0 Å². The Hall–Kier alpha value is -4.11. The van der Waals surface area contributed by atoms with Crippen LogP contribution in [0.25, 0.3) is 11.5 Å². The molecule has 0 radical (unpaired) electrons. The van der Waals surface area contributed by atoms with Crippen LogP contribution in [-0.2, 0) is 0 Å². The van der Waals surface area contributed by atoms with Gasteiger partial charge in [-0.2, -0.15) is 4.98 Å². The van der Waals surface area contributed by atoms with Gasteiger partial charge in [-0.05, 0) is 69.3 Å². The van der Waals surface area contributed by atoms with Crippen molar-refractivity contribution in [2.24, 2.45) is 0 Å². The molecule has 0 bridgehead atoms. The van der Waals surface area contributed by atoms with Gasteiger partial charge in [0.25, 0.3) is 0 Å². The van der Waals surface area contributed by atoms with Gasteiger partial charge >= 0.3 is 0 Å². The number of aromatic nitrogens is 5. The van der Waals surface area contributed by atoms with Gasteiger partial charge in [0.1, 0.15) is 17.3 Å². The van der Waals surface area contributed by atoms with Crippen molar-refractivity contribution >= 4 is 29.0 Å². The molecule has 0 amide bonds. The number of rotatable bonds is 6. The predicted octanol–water partition coefficient (Wildman–Crippen LogP) is 4.31. The average molecular weight is 468 g/mol. The van der Waals surface area contributed by atoms with E-state index in [2.05, 4.69) is 83.9 Å². The summed E-state index contributed by atoms with van der Waals surface area (Å²) in [6.45, 7) is 8.38. The molecule has 0 saturated carbocycles.